The lowest BCUT2D eigenvalue weighted by Gasteiger charge is -2.38. The zero-order valence-corrected chi connectivity index (χ0v) is 18.1. The summed E-state index contributed by atoms with van der Waals surface area (Å²) in [7, 11) is 0. The number of carbonyl (C=O) groups excluding carboxylic acids is 3. The van der Waals surface area contributed by atoms with Crippen LogP contribution in [0, 0.1) is 0 Å². The molecule has 0 saturated carbocycles. The van der Waals surface area contributed by atoms with Crippen molar-refractivity contribution in [2.24, 2.45) is 0 Å². The lowest BCUT2D eigenvalue weighted by Crippen LogP contribution is -2.53. The van der Waals surface area contributed by atoms with E-state index < -0.39 is 12.1 Å². The van der Waals surface area contributed by atoms with E-state index in [1.165, 1.54) is 5.56 Å². The van der Waals surface area contributed by atoms with E-state index in [4.69, 9.17) is 0 Å². The van der Waals surface area contributed by atoms with Crippen molar-refractivity contribution in [3.05, 3.63) is 71.3 Å². The molecule has 2 aromatic rings. The molecule has 1 unspecified atom stereocenters. The molecule has 1 saturated heterocycles. The molecule has 0 spiro atoms. The number of amides is 4. The van der Waals surface area contributed by atoms with Crippen LogP contribution >= 0.6 is 0 Å². The van der Waals surface area contributed by atoms with Crippen molar-refractivity contribution < 1.29 is 14.4 Å². The van der Waals surface area contributed by atoms with Crippen molar-refractivity contribution in [1.82, 2.24) is 20.4 Å². The van der Waals surface area contributed by atoms with Crippen molar-refractivity contribution in [3.63, 3.8) is 0 Å². The maximum Gasteiger partial charge on any atom is 0.321 e. The van der Waals surface area contributed by atoms with Gasteiger partial charge in [-0.25, -0.2) is 4.79 Å². The van der Waals surface area contributed by atoms with Crippen LogP contribution in [-0.4, -0.2) is 60.4 Å². The van der Waals surface area contributed by atoms with Gasteiger partial charge in [0.2, 0.25) is 5.91 Å². The highest BCUT2D eigenvalue weighted by Crippen LogP contribution is 2.23. The van der Waals surface area contributed by atoms with Crippen molar-refractivity contribution in [2.75, 3.05) is 32.7 Å². The van der Waals surface area contributed by atoms with Crippen LogP contribution in [0.25, 0.3) is 0 Å². The predicted molar refractivity (Wildman–Crippen MR) is 120 cm³/mol. The Morgan fingerprint density at radius 2 is 1.55 bits per heavy atom. The Bertz CT molecular complexity index is 891. The molecule has 1 fully saturated rings. The molecule has 1 aliphatic rings. The molecule has 4 amide bonds. The average molecular weight is 423 g/mol. The summed E-state index contributed by atoms with van der Waals surface area (Å²) in [5, 5.41) is 5.03. The number of carbonyl (C=O) groups is 3. The zero-order valence-electron chi connectivity index (χ0n) is 18.1. The molecule has 1 aliphatic heterocycles. The fourth-order valence-corrected chi connectivity index (χ4v) is 3.80. The smallest absolute Gasteiger partial charge is 0.321 e. The van der Waals surface area contributed by atoms with Gasteiger partial charge in [0, 0.05) is 38.3 Å². The third-order valence-electron chi connectivity index (χ3n) is 5.51. The minimum atomic E-state index is -0.593. The molecule has 0 radical (unpaired) electrons. The quantitative estimate of drug-likeness (QED) is 0.750. The maximum atomic E-state index is 12.9. The number of nitrogens with zero attached hydrogens (tertiary/aromatic N) is 2. The summed E-state index contributed by atoms with van der Waals surface area (Å²) < 4.78 is 0. The first-order valence-electron chi connectivity index (χ1n) is 10.8. The second-order valence-corrected chi connectivity index (χ2v) is 7.54. The molecule has 1 heterocycles. The largest absolute Gasteiger partial charge is 0.338 e. The molecule has 164 valence electrons. The number of rotatable bonds is 6. The number of hydrogen-bond donors (Lipinski definition) is 2. The molecular formula is C24H30N4O3. The Kier molecular flexibility index (Phi) is 7.78. The SMILES string of the molecule is CCNC(=O)NC(=O)C(c1ccccc1)N1CCN(C(=O)c2ccc(CC)cc2)CC1. The highest BCUT2D eigenvalue weighted by Gasteiger charge is 2.32. The second kappa shape index (κ2) is 10.7. The van der Waals surface area contributed by atoms with Crippen molar-refractivity contribution in [3.8, 4) is 0 Å². The number of hydrogen-bond acceptors (Lipinski definition) is 4. The highest BCUT2D eigenvalue weighted by molar-refractivity contribution is 5.97. The fraction of sp³-hybridized carbons (Fsp3) is 0.375. The summed E-state index contributed by atoms with van der Waals surface area (Å²) >= 11 is 0. The first-order chi connectivity index (χ1) is 15.0. The van der Waals surface area contributed by atoms with Gasteiger partial charge in [-0.05, 0) is 36.6 Å². The molecule has 2 aromatic carbocycles. The molecule has 2 N–H and O–H groups in total. The van der Waals surface area contributed by atoms with Crippen LogP contribution in [0.1, 0.15) is 41.4 Å². The van der Waals surface area contributed by atoms with E-state index in [0.29, 0.717) is 38.3 Å². The molecule has 0 aromatic heterocycles. The first kappa shape index (κ1) is 22.5. The van der Waals surface area contributed by atoms with E-state index >= 15 is 0 Å². The molecule has 0 bridgehead atoms. The molecule has 3 rings (SSSR count). The van der Waals surface area contributed by atoms with Gasteiger partial charge in [-0.3, -0.25) is 19.8 Å². The topological polar surface area (TPSA) is 81.8 Å². The van der Waals surface area contributed by atoms with E-state index in [1.54, 1.807) is 6.92 Å². The first-order valence-corrected chi connectivity index (χ1v) is 10.8. The number of aryl methyl sites for hydroxylation is 1. The van der Waals surface area contributed by atoms with Gasteiger partial charge in [0.25, 0.3) is 5.91 Å². The summed E-state index contributed by atoms with van der Waals surface area (Å²) in [6.07, 6.45) is 0.937. The Balaban J connectivity index is 1.69. The summed E-state index contributed by atoms with van der Waals surface area (Å²) in [6.45, 7) is 6.45. The molecule has 7 heteroatoms. The van der Waals surface area contributed by atoms with Gasteiger partial charge in [0.15, 0.2) is 0 Å². The van der Waals surface area contributed by atoms with Crippen molar-refractivity contribution in [2.45, 2.75) is 26.3 Å². The van der Waals surface area contributed by atoms with Gasteiger partial charge < -0.3 is 10.2 Å². The van der Waals surface area contributed by atoms with Crippen molar-refractivity contribution >= 4 is 17.8 Å². The molecule has 31 heavy (non-hydrogen) atoms. The van der Waals surface area contributed by atoms with Crippen LogP contribution < -0.4 is 10.6 Å². The van der Waals surface area contributed by atoms with Crippen molar-refractivity contribution in [1.29, 1.82) is 0 Å². The van der Waals surface area contributed by atoms with Crippen LogP contribution in [0.2, 0.25) is 0 Å². The number of nitrogens with one attached hydrogen (secondary N) is 2. The van der Waals surface area contributed by atoms with Crippen LogP contribution in [0.5, 0.6) is 0 Å². The molecular weight excluding hydrogens is 392 g/mol. The highest BCUT2D eigenvalue weighted by atomic mass is 16.2. The monoisotopic (exact) mass is 422 g/mol. The minimum absolute atomic E-state index is 0.00494. The maximum absolute atomic E-state index is 12.9. The van der Waals surface area contributed by atoms with Crippen LogP contribution in [0.15, 0.2) is 54.6 Å². The standard InChI is InChI=1S/C24H30N4O3/c1-3-18-10-12-20(13-11-18)23(30)28-16-14-27(15-17-28)21(19-8-6-5-7-9-19)22(29)26-24(31)25-4-2/h5-13,21H,3-4,14-17H2,1-2H3,(H2,25,26,29,31). The van der Waals surface area contributed by atoms with E-state index in [1.807, 2.05) is 64.4 Å². The summed E-state index contributed by atoms with van der Waals surface area (Å²) in [5.41, 5.74) is 2.70. The van der Waals surface area contributed by atoms with Gasteiger partial charge >= 0.3 is 6.03 Å². The summed E-state index contributed by atoms with van der Waals surface area (Å²) in [6, 6.07) is 16.0. The predicted octanol–water partition coefficient (Wildman–Crippen LogP) is 2.59. The van der Waals surface area contributed by atoms with E-state index in [2.05, 4.69) is 17.6 Å². The Morgan fingerprint density at radius 3 is 2.13 bits per heavy atom. The fourth-order valence-electron chi connectivity index (χ4n) is 3.80. The van der Waals surface area contributed by atoms with E-state index in [9.17, 15) is 14.4 Å². The second-order valence-electron chi connectivity index (χ2n) is 7.54. The summed E-state index contributed by atoms with van der Waals surface area (Å²) in [4.78, 5) is 41.5. The Labute approximate surface area is 183 Å². The third kappa shape index (κ3) is 5.70. The van der Waals surface area contributed by atoms with E-state index in [0.717, 1.165) is 12.0 Å². The average Bonchev–Trinajstić information content (AvgIpc) is 2.80. The number of urea groups is 1. The van der Waals surface area contributed by atoms with Gasteiger partial charge in [-0.1, -0.05) is 49.4 Å². The lowest BCUT2D eigenvalue weighted by atomic mass is 10.0. The van der Waals surface area contributed by atoms with Gasteiger partial charge in [0.05, 0.1) is 0 Å². The van der Waals surface area contributed by atoms with Crippen LogP contribution in [0.4, 0.5) is 4.79 Å². The number of piperazine rings is 1. The number of benzene rings is 2. The normalized spacial score (nSPS) is 15.2. The lowest BCUT2D eigenvalue weighted by molar-refractivity contribution is -0.126. The van der Waals surface area contributed by atoms with Gasteiger partial charge in [-0.2, -0.15) is 0 Å². The molecule has 7 nitrogen and oxygen atoms in total. The number of imide groups is 1. The Hall–Kier alpha value is -3.19. The minimum Gasteiger partial charge on any atom is -0.338 e. The molecule has 1 atom stereocenters. The van der Waals surface area contributed by atoms with E-state index in [-0.39, 0.29) is 11.8 Å². The van der Waals surface area contributed by atoms with Gasteiger partial charge in [0.1, 0.15) is 6.04 Å². The molecule has 0 aliphatic carbocycles. The third-order valence-corrected chi connectivity index (χ3v) is 5.51. The van der Waals surface area contributed by atoms with Crippen LogP contribution in [-0.2, 0) is 11.2 Å². The van der Waals surface area contributed by atoms with Crippen LogP contribution in [0.3, 0.4) is 0 Å². The Morgan fingerprint density at radius 1 is 0.903 bits per heavy atom. The van der Waals surface area contributed by atoms with Gasteiger partial charge in [-0.15, -0.1) is 0 Å². The summed E-state index contributed by atoms with van der Waals surface area (Å²) in [5.74, 6) is -0.363. The zero-order chi connectivity index (χ0) is 22.2.